The largest absolute Gasteiger partial charge is 0.497 e. The van der Waals surface area contributed by atoms with Crippen LogP contribution in [0.4, 0.5) is 5.69 Å². The lowest BCUT2D eigenvalue weighted by atomic mass is 9.80. The molecule has 0 spiro atoms. The number of anilines is 1. The molecule has 0 bridgehead atoms. The normalized spacial score (nSPS) is 20.2. The van der Waals surface area contributed by atoms with E-state index in [9.17, 15) is 8.42 Å². The molecular weight excluding hydrogens is 606 g/mol. The topological polar surface area (TPSA) is 127 Å². The maximum Gasteiger partial charge on any atom is 0.271 e. The Labute approximate surface area is 260 Å². The number of benzene rings is 3. The molecule has 2 aliphatic rings. The summed E-state index contributed by atoms with van der Waals surface area (Å²) < 4.78 is 46.0. The lowest BCUT2D eigenvalue weighted by Gasteiger charge is -2.41. The Morgan fingerprint density at radius 1 is 1.07 bits per heavy atom. The number of methoxy groups -OCH3 is 2. The van der Waals surface area contributed by atoms with Crippen molar-refractivity contribution in [2.24, 2.45) is 0 Å². The van der Waals surface area contributed by atoms with E-state index >= 15 is 4.79 Å². The second-order valence-corrected chi connectivity index (χ2v) is 12.8. The van der Waals surface area contributed by atoms with Gasteiger partial charge in [0, 0.05) is 29.2 Å². The number of amides is 1. The molecule has 2 unspecified atom stereocenters. The Bertz CT molecular complexity index is 1780. The smallest absolute Gasteiger partial charge is 0.271 e. The number of halogens is 1. The van der Waals surface area contributed by atoms with Crippen LogP contribution in [-0.4, -0.2) is 56.7 Å². The fraction of sp³-hybridized carbons (Fsp3) is 0.323. The minimum absolute atomic E-state index is 0.0626. The highest BCUT2D eigenvalue weighted by Gasteiger charge is 2.62. The number of hydrogen-bond donors (Lipinski definition) is 1. The van der Waals surface area contributed by atoms with E-state index in [0.29, 0.717) is 59.4 Å². The lowest BCUT2D eigenvalue weighted by molar-refractivity contribution is -0.127. The van der Waals surface area contributed by atoms with Crippen molar-refractivity contribution in [2.45, 2.75) is 42.8 Å². The highest BCUT2D eigenvalue weighted by Crippen LogP contribution is 2.56. The first-order valence-corrected chi connectivity index (χ1v) is 16.0. The number of nitrogens with zero attached hydrogens (tertiary/aromatic N) is 4. The van der Waals surface area contributed by atoms with Gasteiger partial charge in [-0.25, -0.2) is 12.7 Å². The van der Waals surface area contributed by atoms with E-state index in [2.05, 4.69) is 15.5 Å². The predicted octanol–water partition coefficient (Wildman–Crippen LogP) is 4.67. The summed E-state index contributed by atoms with van der Waals surface area (Å²) >= 11 is 6.62. The molecule has 3 heterocycles. The van der Waals surface area contributed by atoms with E-state index in [0.717, 1.165) is 16.4 Å². The van der Waals surface area contributed by atoms with Crippen molar-refractivity contribution >= 4 is 33.2 Å². The van der Waals surface area contributed by atoms with Gasteiger partial charge in [-0.15, -0.1) is 0 Å². The summed E-state index contributed by atoms with van der Waals surface area (Å²) in [5.74, 6) is 0.629. The zero-order valence-corrected chi connectivity index (χ0v) is 26.1. The van der Waals surface area contributed by atoms with E-state index in [1.54, 1.807) is 36.4 Å². The molecule has 2 atom stereocenters. The zero-order valence-electron chi connectivity index (χ0n) is 24.5. The van der Waals surface area contributed by atoms with Crippen LogP contribution >= 0.6 is 11.6 Å². The minimum Gasteiger partial charge on any atom is -0.497 e. The molecule has 0 radical (unpaired) electrons. The molecule has 230 valence electrons. The van der Waals surface area contributed by atoms with E-state index < -0.39 is 27.5 Å². The van der Waals surface area contributed by atoms with Crippen LogP contribution in [0.3, 0.4) is 0 Å². The molecule has 0 aliphatic carbocycles. The van der Waals surface area contributed by atoms with Crippen LogP contribution in [0.1, 0.15) is 48.3 Å². The van der Waals surface area contributed by atoms with Crippen molar-refractivity contribution < 1.29 is 27.2 Å². The summed E-state index contributed by atoms with van der Waals surface area (Å²) in [7, 11) is -1.38. The Morgan fingerprint density at radius 3 is 2.55 bits per heavy atom. The molecule has 11 nitrogen and oxygen atoms in total. The molecule has 44 heavy (non-hydrogen) atoms. The van der Waals surface area contributed by atoms with Gasteiger partial charge in [0.2, 0.25) is 6.39 Å². The number of carbonyl (C=O) groups is 1. The van der Waals surface area contributed by atoms with E-state index in [-0.39, 0.29) is 10.6 Å². The molecule has 13 heteroatoms. The molecule has 0 saturated carbocycles. The van der Waals surface area contributed by atoms with Gasteiger partial charge in [0.1, 0.15) is 11.5 Å². The standard InChI is InChI=1S/C31H32ClN5O6S/c1-4-33-18-20-7-14-28(42-3)25(16-20)31(36-15-5-6-27(36)29-34-19-43-35-29)24-17-21(32)8-13-26(24)37(30(31)38)44(39,40)23-11-9-22(41-2)10-12-23/h7-14,16-17,19,27,33H,4-6,15,18H2,1-3H3. The molecule has 6 rings (SSSR count). The molecule has 2 aliphatic heterocycles. The summed E-state index contributed by atoms with van der Waals surface area (Å²) in [6.07, 6.45) is 2.57. The first-order chi connectivity index (χ1) is 21.3. The van der Waals surface area contributed by atoms with Gasteiger partial charge in [-0.2, -0.15) is 4.98 Å². The Hall–Kier alpha value is -3.97. The van der Waals surface area contributed by atoms with Crippen LogP contribution in [0.2, 0.25) is 5.02 Å². The maximum absolute atomic E-state index is 15.3. The number of likely N-dealkylation sites (tertiary alicyclic amines) is 1. The average Bonchev–Trinajstić information content (AvgIpc) is 3.79. The number of hydrogen-bond acceptors (Lipinski definition) is 10. The Kier molecular flexibility index (Phi) is 8.10. The fourth-order valence-corrected chi connectivity index (χ4v) is 7.94. The summed E-state index contributed by atoms with van der Waals surface area (Å²) in [6, 6.07) is 15.9. The summed E-state index contributed by atoms with van der Waals surface area (Å²) in [6.45, 7) is 3.71. The van der Waals surface area contributed by atoms with Crippen LogP contribution in [0.15, 0.2) is 76.5 Å². The SMILES string of the molecule is CCNCc1ccc(OC)c(C2(N3CCCC3c3ncon3)C(=O)N(S(=O)(=O)c3ccc(OC)cc3)c3ccc(Cl)cc32)c1. The van der Waals surface area contributed by atoms with Crippen molar-refractivity contribution in [3.63, 3.8) is 0 Å². The van der Waals surface area contributed by atoms with Gasteiger partial charge in [0.05, 0.1) is 30.8 Å². The molecule has 3 aromatic carbocycles. The highest BCUT2D eigenvalue weighted by molar-refractivity contribution is 7.93. The van der Waals surface area contributed by atoms with Crippen LogP contribution in [0.5, 0.6) is 11.5 Å². The third kappa shape index (κ3) is 4.73. The fourth-order valence-electron chi connectivity index (χ4n) is 6.31. The third-order valence-electron chi connectivity index (χ3n) is 8.25. The first-order valence-electron chi connectivity index (χ1n) is 14.2. The van der Waals surface area contributed by atoms with Gasteiger partial charge in [0.25, 0.3) is 15.9 Å². The van der Waals surface area contributed by atoms with E-state index in [1.807, 2.05) is 24.0 Å². The maximum atomic E-state index is 15.3. The molecule has 1 amide bonds. The molecule has 1 aromatic heterocycles. The average molecular weight is 638 g/mol. The monoisotopic (exact) mass is 637 g/mol. The van der Waals surface area contributed by atoms with Gasteiger partial charge in [-0.3, -0.25) is 9.69 Å². The van der Waals surface area contributed by atoms with Crippen LogP contribution in [0, 0.1) is 0 Å². The van der Waals surface area contributed by atoms with Crippen LogP contribution in [0.25, 0.3) is 0 Å². The van der Waals surface area contributed by atoms with Gasteiger partial charge < -0.3 is 19.3 Å². The van der Waals surface area contributed by atoms with E-state index in [4.69, 9.17) is 25.6 Å². The van der Waals surface area contributed by atoms with Crippen LogP contribution in [-0.2, 0) is 26.9 Å². The minimum atomic E-state index is -4.41. The van der Waals surface area contributed by atoms with Gasteiger partial charge in [-0.05, 0) is 79.5 Å². The second-order valence-electron chi connectivity index (χ2n) is 10.6. The number of carbonyl (C=O) groups excluding carboxylic acids is 1. The molecular formula is C31H32ClN5O6S. The molecule has 4 aromatic rings. The first kappa shape index (κ1) is 30.1. The quantitative estimate of drug-likeness (QED) is 0.262. The highest BCUT2D eigenvalue weighted by atomic mass is 35.5. The predicted molar refractivity (Wildman–Crippen MR) is 163 cm³/mol. The van der Waals surface area contributed by atoms with Crippen molar-refractivity contribution in [3.8, 4) is 11.5 Å². The number of rotatable bonds is 10. The number of sulfonamides is 1. The second kappa shape index (κ2) is 11.8. The summed E-state index contributed by atoms with van der Waals surface area (Å²) in [5.41, 5.74) is 0.334. The van der Waals surface area contributed by atoms with Crippen molar-refractivity contribution in [3.05, 3.63) is 94.6 Å². The number of fused-ring (bicyclic) bond motifs is 1. The van der Waals surface area contributed by atoms with Gasteiger partial charge in [-0.1, -0.05) is 29.7 Å². The number of nitrogens with one attached hydrogen (secondary N) is 1. The zero-order chi connectivity index (χ0) is 31.1. The number of aromatic nitrogens is 2. The van der Waals surface area contributed by atoms with Gasteiger partial charge >= 0.3 is 0 Å². The Balaban J connectivity index is 1.66. The summed E-state index contributed by atoms with van der Waals surface area (Å²) in [5, 5.41) is 7.80. The molecule has 1 N–H and O–H groups in total. The molecule has 1 fully saturated rings. The van der Waals surface area contributed by atoms with Crippen molar-refractivity contribution in [1.82, 2.24) is 20.4 Å². The van der Waals surface area contributed by atoms with E-state index in [1.165, 1.54) is 32.7 Å². The molecule has 1 saturated heterocycles. The van der Waals surface area contributed by atoms with Crippen molar-refractivity contribution in [1.29, 1.82) is 0 Å². The van der Waals surface area contributed by atoms with Crippen LogP contribution < -0.4 is 19.1 Å². The Morgan fingerprint density at radius 2 is 1.86 bits per heavy atom. The summed E-state index contributed by atoms with van der Waals surface area (Å²) in [4.78, 5) is 21.6. The third-order valence-corrected chi connectivity index (χ3v) is 10.2. The van der Waals surface area contributed by atoms with Gasteiger partial charge in [0.15, 0.2) is 11.4 Å². The number of ether oxygens (including phenoxy) is 2. The lowest BCUT2D eigenvalue weighted by Crippen LogP contribution is -2.54. The van der Waals surface area contributed by atoms with Crippen molar-refractivity contribution in [2.75, 3.05) is 31.6 Å².